The topological polar surface area (TPSA) is 210 Å². The van der Waals surface area contributed by atoms with Gasteiger partial charge in [0.1, 0.15) is 41.6 Å². The van der Waals surface area contributed by atoms with Crippen LogP contribution in [0.3, 0.4) is 0 Å². The fourth-order valence-corrected chi connectivity index (χ4v) is 8.31. The van der Waals surface area contributed by atoms with Crippen molar-refractivity contribution in [2.45, 2.75) is 19.8 Å². The van der Waals surface area contributed by atoms with Gasteiger partial charge in [-0.15, -0.1) is 0 Å². The molecule has 0 aliphatic heterocycles. The van der Waals surface area contributed by atoms with Crippen LogP contribution in [0.4, 0.5) is 26.3 Å². The van der Waals surface area contributed by atoms with Gasteiger partial charge in [-0.25, -0.2) is 9.13 Å². The minimum absolute atomic E-state index is 0.0358. The van der Waals surface area contributed by atoms with Crippen molar-refractivity contribution in [2.75, 3.05) is 0 Å². The normalized spacial score (nSPS) is 11.1. The molecule has 0 saturated carbocycles. The van der Waals surface area contributed by atoms with Gasteiger partial charge in [-0.1, -0.05) is 0 Å². The van der Waals surface area contributed by atoms with Crippen LogP contribution in [0.5, 0.6) is 34.5 Å². The second kappa shape index (κ2) is 23.3. The molecule has 11 rings (SSSR count). The molecule has 0 atom stereocenters. The van der Waals surface area contributed by atoms with Gasteiger partial charge in [0.25, 0.3) is 0 Å². The summed E-state index contributed by atoms with van der Waals surface area (Å²) in [7, 11) is 3.64. The van der Waals surface area contributed by atoms with Crippen molar-refractivity contribution in [3.8, 4) is 34.5 Å². The summed E-state index contributed by atoms with van der Waals surface area (Å²) < 4.78 is 115. The van der Waals surface area contributed by atoms with Gasteiger partial charge >= 0.3 is 19.8 Å². The third kappa shape index (κ3) is 11.9. The minimum atomic E-state index is -2.98. The van der Waals surface area contributed by atoms with Crippen LogP contribution in [-0.4, -0.2) is 60.3 Å². The molecule has 0 unspecified atom stereocenters. The lowest BCUT2D eigenvalue weighted by atomic mass is 10.1. The van der Waals surface area contributed by atoms with Gasteiger partial charge in [-0.2, -0.15) is 26.3 Å². The number of phenols is 1. The van der Waals surface area contributed by atoms with Gasteiger partial charge in [-0.3, -0.25) is 29.4 Å². The van der Waals surface area contributed by atoms with Crippen molar-refractivity contribution in [3.05, 3.63) is 155 Å². The number of phenolic OH excluding ortho intramolecular Hbond substituents is 1. The number of aromatic nitrogens is 4. The Balaban J connectivity index is 0.000000136. The third-order valence-corrected chi connectivity index (χ3v) is 11.6. The zero-order valence-corrected chi connectivity index (χ0v) is 41.1. The number of fused-ring (bicyclic) bond motifs is 9. The van der Waals surface area contributed by atoms with E-state index in [0.29, 0.717) is 107 Å². The molecule has 11 aromatic rings. The number of hydrogen-bond donors (Lipinski definition) is 2. The van der Waals surface area contributed by atoms with E-state index in [9.17, 15) is 55.8 Å². The SMILES string of the molecule is C[n+]1ccc(Oc2cc(C=O)ccc2OC(F)F)c(Br)c1.C[n+]1ccc2oc3c(OC(F)F)ccc(C=O)c3c2c1.O=Cc1ccc(O)c2oc3cc[n+](O)cc3c12.O=Cc1ccc(OC(F)F)c2oc3ccncc3c12. The molecule has 0 aliphatic rings. The molecule has 392 valence electrons. The zero-order valence-electron chi connectivity index (χ0n) is 39.5. The van der Waals surface area contributed by atoms with Gasteiger partial charge in [0, 0.05) is 73.1 Å². The maximum absolute atomic E-state index is 12.4. The predicted molar refractivity (Wildman–Crippen MR) is 262 cm³/mol. The van der Waals surface area contributed by atoms with Crippen LogP contribution >= 0.6 is 15.9 Å². The van der Waals surface area contributed by atoms with Gasteiger partial charge < -0.3 is 37.3 Å². The molecular formula is C53H36BrF6N4O13+3. The van der Waals surface area contributed by atoms with Crippen LogP contribution in [0, 0.1) is 0 Å². The van der Waals surface area contributed by atoms with Crippen LogP contribution in [0.15, 0.2) is 146 Å². The number of aromatic hydroxyl groups is 1. The van der Waals surface area contributed by atoms with E-state index in [2.05, 4.69) is 35.1 Å². The number of alkyl halides is 6. The first-order valence-corrected chi connectivity index (χ1v) is 22.8. The van der Waals surface area contributed by atoms with E-state index < -0.39 is 19.8 Å². The maximum Gasteiger partial charge on any atom is 0.387 e. The zero-order chi connectivity index (χ0) is 55.1. The number of pyridine rings is 4. The summed E-state index contributed by atoms with van der Waals surface area (Å²) in [5, 5.41) is 22.3. The number of aldehydes is 4. The lowest BCUT2D eigenvalue weighted by molar-refractivity contribution is -0.903. The minimum Gasteiger partial charge on any atom is -0.504 e. The van der Waals surface area contributed by atoms with Crippen molar-refractivity contribution in [3.63, 3.8) is 0 Å². The van der Waals surface area contributed by atoms with Crippen molar-refractivity contribution < 1.29 is 102 Å². The van der Waals surface area contributed by atoms with Crippen LogP contribution in [0.25, 0.3) is 65.8 Å². The maximum atomic E-state index is 12.4. The number of carbonyl (C=O) groups is 4. The molecule has 7 aromatic heterocycles. The monoisotopic (exact) mass is 1130 g/mol. The molecule has 77 heavy (non-hydrogen) atoms. The molecule has 0 aliphatic carbocycles. The Labute approximate surface area is 435 Å². The molecule has 0 saturated heterocycles. The molecule has 0 spiro atoms. The first kappa shape index (κ1) is 53.7. The number of carbonyl (C=O) groups excluding carboxylic acids is 4. The Morgan fingerprint density at radius 2 is 1.04 bits per heavy atom. The van der Waals surface area contributed by atoms with Crippen molar-refractivity contribution in [2.24, 2.45) is 14.1 Å². The van der Waals surface area contributed by atoms with Gasteiger partial charge in [0.15, 0.2) is 94.9 Å². The molecule has 17 nitrogen and oxygen atoms in total. The van der Waals surface area contributed by atoms with E-state index in [1.807, 2.05) is 14.1 Å². The first-order chi connectivity index (χ1) is 37.0. The van der Waals surface area contributed by atoms with Crippen molar-refractivity contribution in [1.82, 2.24) is 4.98 Å². The highest BCUT2D eigenvalue weighted by Gasteiger charge is 2.22. The van der Waals surface area contributed by atoms with Gasteiger partial charge in [0.2, 0.25) is 12.4 Å². The number of aryl methyl sites for hydroxylation is 2. The molecule has 24 heteroatoms. The van der Waals surface area contributed by atoms with Crippen molar-refractivity contribution in [1.29, 1.82) is 0 Å². The number of nitrogens with zero attached hydrogens (tertiary/aromatic N) is 4. The lowest BCUT2D eigenvalue weighted by Crippen LogP contribution is -2.27. The van der Waals surface area contributed by atoms with E-state index in [1.165, 1.54) is 79.4 Å². The molecule has 7 heterocycles. The highest BCUT2D eigenvalue weighted by molar-refractivity contribution is 9.10. The van der Waals surface area contributed by atoms with E-state index >= 15 is 0 Å². The summed E-state index contributed by atoms with van der Waals surface area (Å²) in [5.74, 6) is 0.0815. The first-order valence-electron chi connectivity index (χ1n) is 22.0. The number of halogens is 7. The molecule has 0 radical (unpaired) electrons. The predicted octanol–water partition coefficient (Wildman–Crippen LogP) is 11.3. The number of rotatable bonds is 12. The summed E-state index contributed by atoms with van der Waals surface area (Å²) in [6.45, 7) is -8.90. The summed E-state index contributed by atoms with van der Waals surface area (Å²) >= 11 is 3.31. The largest absolute Gasteiger partial charge is 0.504 e. The Bertz CT molecular complexity index is 4020. The number of ether oxygens (including phenoxy) is 4. The van der Waals surface area contributed by atoms with Gasteiger partial charge in [-0.05, 0) is 76.6 Å². The molecule has 0 amide bonds. The Kier molecular flexibility index (Phi) is 16.3. The van der Waals surface area contributed by atoms with Crippen molar-refractivity contribution >= 4 is 107 Å². The van der Waals surface area contributed by atoms with Crippen LogP contribution in [0.1, 0.15) is 41.4 Å². The molecule has 0 fully saturated rings. The summed E-state index contributed by atoms with van der Waals surface area (Å²) in [6.07, 6.45) is 15.4. The number of benzene rings is 4. The molecular weight excluding hydrogens is 1090 g/mol. The van der Waals surface area contributed by atoms with E-state index in [0.717, 1.165) is 4.73 Å². The molecule has 2 N–H and O–H groups in total. The second-order valence-corrected chi connectivity index (χ2v) is 16.9. The third-order valence-electron chi connectivity index (χ3n) is 11.0. The van der Waals surface area contributed by atoms with E-state index in [4.69, 9.17) is 18.0 Å². The summed E-state index contributed by atoms with van der Waals surface area (Å²) in [4.78, 5) is 47.9. The average Bonchev–Trinajstić information content (AvgIpc) is 4.22. The second-order valence-electron chi connectivity index (χ2n) is 16.0. The highest BCUT2D eigenvalue weighted by atomic mass is 79.9. The fraction of sp³-hybridized carbons (Fsp3) is 0.0943. The quantitative estimate of drug-likeness (QED) is 0.0505. The number of hydrogen-bond acceptors (Lipinski definition) is 14. The summed E-state index contributed by atoms with van der Waals surface area (Å²) in [6, 6.07) is 18.8. The highest BCUT2D eigenvalue weighted by Crippen LogP contribution is 2.40. The molecule has 0 bridgehead atoms. The van der Waals surface area contributed by atoms with Gasteiger partial charge in [0.05, 0.1) is 16.8 Å². The number of furan rings is 3. The summed E-state index contributed by atoms with van der Waals surface area (Å²) in [5.41, 5.74) is 3.38. The standard InChI is InChI=1S/C14H11BrF2NO3.C14H10F2NO3.C13H7F2NO3.C12H7NO4/c1-18-5-4-11(10(15)7-18)20-13-6-9(8-19)2-3-12(13)21-14(16)17;1-17-5-4-10-9(6-17)12-8(7-18)2-3-11(13(12)19-10)20-14(15)16;14-13(15)19-10-2-1-7(6-17)11-8-5-16-4-3-9(8)18-12(10)11;14-6-7-1-2-9(15)12-11(7)8-5-13(16)4-3-10(8)17-12/h2-8,14H,1H3;2-7,14H,1H3;1-6,13H;1-6H,(H-,14,15,16)/q2*+1;;/p+1. The van der Waals surface area contributed by atoms with Crippen LogP contribution in [0.2, 0.25) is 0 Å². The Morgan fingerprint density at radius 3 is 1.62 bits per heavy atom. The smallest absolute Gasteiger partial charge is 0.387 e. The van der Waals surface area contributed by atoms with Crippen LogP contribution in [-0.2, 0) is 14.1 Å². The Morgan fingerprint density at radius 1 is 0.545 bits per heavy atom. The fourth-order valence-electron chi connectivity index (χ4n) is 7.78. The van der Waals surface area contributed by atoms with Crippen LogP contribution < -0.4 is 32.8 Å². The van der Waals surface area contributed by atoms with E-state index in [-0.39, 0.29) is 45.5 Å². The molecule has 4 aromatic carbocycles. The van der Waals surface area contributed by atoms with E-state index in [1.54, 1.807) is 58.2 Å². The lowest BCUT2D eigenvalue weighted by Gasteiger charge is -2.12. The Hall–Kier alpha value is -9.58. The average molecular weight is 1130 g/mol.